The van der Waals surface area contributed by atoms with Crippen molar-refractivity contribution in [3.63, 3.8) is 0 Å². The second-order valence-corrected chi connectivity index (χ2v) is 9.95. The molecule has 5 rings (SSSR count). The molecule has 1 unspecified atom stereocenters. The number of benzene rings is 2. The molecule has 3 aliphatic heterocycles. The maximum absolute atomic E-state index is 13.1. The smallest absolute Gasteiger partial charge is 0.346 e. The van der Waals surface area contributed by atoms with Crippen LogP contribution in [0.3, 0.4) is 0 Å². The number of thiocarbonyl (C=S) groups is 1. The van der Waals surface area contributed by atoms with Crippen molar-refractivity contribution < 1.29 is 22.8 Å². The van der Waals surface area contributed by atoms with Gasteiger partial charge in [0, 0.05) is 25.1 Å². The molecule has 3 aliphatic rings. The zero-order valence-corrected chi connectivity index (χ0v) is 19.9. The Labute approximate surface area is 207 Å². The fourth-order valence-corrected chi connectivity index (χ4v) is 5.77. The van der Waals surface area contributed by atoms with E-state index in [9.17, 15) is 22.8 Å². The van der Waals surface area contributed by atoms with Gasteiger partial charge in [-0.2, -0.15) is 13.2 Å². The molecule has 0 saturated carbocycles. The monoisotopic (exact) mass is 501 g/mol. The van der Waals surface area contributed by atoms with E-state index >= 15 is 0 Å². The van der Waals surface area contributed by atoms with Crippen LogP contribution in [-0.4, -0.2) is 45.7 Å². The van der Waals surface area contributed by atoms with Gasteiger partial charge in [0.2, 0.25) is 11.8 Å². The number of piperidine rings is 2. The first-order chi connectivity index (χ1) is 16.7. The third kappa shape index (κ3) is 4.97. The summed E-state index contributed by atoms with van der Waals surface area (Å²) in [4.78, 5) is 28.7. The fourth-order valence-electron chi connectivity index (χ4n) is 5.38. The molecule has 5 nitrogen and oxygen atoms in total. The van der Waals surface area contributed by atoms with Crippen LogP contribution in [0.15, 0.2) is 42.5 Å². The van der Waals surface area contributed by atoms with Crippen molar-refractivity contribution in [3.05, 3.63) is 70.3 Å². The molecule has 9 heteroatoms. The molecule has 2 aromatic rings. The Hall–Kier alpha value is -2.78. The number of likely N-dealkylation sites (tertiary alicyclic amines) is 1. The number of carbonyl (C=O) groups is 2. The lowest BCUT2D eigenvalue weighted by Crippen LogP contribution is -2.52. The van der Waals surface area contributed by atoms with Gasteiger partial charge in [-0.05, 0) is 61.0 Å². The Bertz CT molecular complexity index is 1170. The van der Waals surface area contributed by atoms with Gasteiger partial charge in [0.15, 0.2) is 0 Å². The molecule has 0 radical (unpaired) electrons. The van der Waals surface area contributed by atoms with E-state index in [-0.39, 0.29) is 17.7 Å². The highest BCUT2D eigenvalue weighted by Crippen LogP contribution is 2.35. The highest BCUT2D eigenvalue weighted by atomic mass is 32.1. The number of nitrogens with zero attached hydrogens (tertiary/aromatic N) is 2. The van der Waals surface area contributed by atoms with E-state index in [1.165, 1.54) is 12.1 Å². The molecule has 184 valence electrons. The van der Waals surface area contributed by atoms with Crippen molar-refractivity contribution in [2.24, 2.45) is 0 Å². The normalized spacial score (nSPS) is 21.9. The second kappa shape index (κ2) is 9.35. The standard InChI is InChI=1S/C26H26F3N3O2S/c27-26(28,29)20-3-1-2-18(13-20)17-8-10-31(11-9-17)14-16-4-5-21-19(12-16)15-32(25(21)35)22-6-7-23(33)30-24(22)34/h1-5,12-13,17,22H,6-11,14-15H2,(H,30,33,34). The Morgan fingerprint density at radius 3 is 2.51 bits per heavy atom. The van der Waals surface area contributed by atoms with Gasteiger partial charge < -0.3 is 4.90 Å². The molecule has 2 amide bonds. The van der Waals surface area contributed by atoms with Gasteiger partial charge in [-0.25, -0.2) is 0 Å². The summed E-state index contributed by atoms with van der Waals surface area (Å²) in [6, 6.07) is 11.5. The molecule has 0 aromatic heterocycles. The molecule has 2 aromatic carbocycles. The average molecular weight is 502 g/mol. The Balaban J connectivity index is 1.20. The van der Waals surface area contributed by atoms with Gasteiger partial charge in [0.25, 0.3) is 0 Å². The Morgan fingerprint density at radius 1 is 1.03 bits per heavy atom. The lowest BCUT2D eigenvalue weighted by molar-refractivity contribution is -0.138. The van der Waals surface area contributed by atoms with Gasteiger partial charge in [0.1, 0.15) is 11.0 Å². The topological polar surface area (TPSA) is 52.7 Å². The molecular formula is C26H26F3N3O2S. The van der Waals surface area contributed by atoms with Crippen molar-refractivity contribution in [1.82, 2.24) is 15.1 Å². The maximum Gasteiger partial charge on any atom is 0.416 e. The number of nitrogens with one attached hydrogen (secondary N) is 1. The number of alkyl halides is 3. The number of hydrogen-bond donors (Lipinski definition) is 1. The van der Waals surface area contributed by atoms with E-state index in [0.29, 0.717) is 24.4 Å². The maximum atomic E-state index is 13.1. The third-order valence-electron chi connectivity index (χ3n) is 7.27. The summed E-state index contributed by atoms with van der Waals surface area (Å²) in [7, 11) is 0. The molecule has 0 spiro atoms. The lowest BCUT2D eigenvalue weighted by Gasteiger charge is -2.32. The number of fused-ring (bicyclic) bond motifs is 1. The molecular weight excluding hydrogens is 475 g/mol. The Kier molecular flexibility index (Phi) is 6.40. The average Bonchev–Trinajstić information content (AvgIpc) is 3.14. The summed E-state index contributed by atoms with van der Waals surface area (Å²) in [5, 5.41) is 2.40. The van der Waals surface area contributed by atoms with Crippen LogP contribution < -0.4 is 5.32 Å². The first-order valence-corrected chi connectivity index (χ1v) is 12.3. The van der Waals surface area contributed by atoms with Crippen LogP contribution in [0.5, 0.6) is 0 Å². The summed E-state index contributed by atoms with van der Waals surface area (Å²) in [6.07, 6.45) is -1.90. The van der Waals surface area contributed by atoms with E-state index in [4.69, 9.17) is 12.2 Å². The van der Waals surface area contributed by atoms with Gasteiger partial charge in [0.05, 0.1) is 5.56 Å². The van der Waals surface area contributed by atoms with Crippen molar-refractivity contribution in [1.29, 1.82) is 0 Å². The summed E-state index contributed by atoms with van der Waals surface area (Å²) in [6.45, 7) is 2.94. The lowest BCUT2D eigenvalue weighted by atomic mass is 9.88. The van der Waals surface area contributed by atoms with Crippen molar-refractivity contribution in [2.75, 3.05) is 13.1 Å². The van der Waals surface area contributed by atoms with Gasteiger partial charge in [-0.15, -0.1) is 0 Å². The minimum atomic E-state index is -4.32. The van der Waals surface area contributed by atoms with Gasteiger partial charge in [-0.1, -0.05) is 48.6 Å². The third-order valence-corrected chi connectivity index (χ3v) is 7.72. The van der Waals surface area contributed by atoms with Crippen molar-refractivity contribution in [3.8, 4) is 0 Å². The largest absolute Gasteiger partial charge is 0.416 e. The van der Waals surface area contributed by atoms with E-state index in [0.717, 1.165) is 60.8 Å². The number of imide groups is 1. The number of carbonyl (C=O) groups excluding carboxylic acids is 2. The number of halogens is 3. The quantitative estimate of drug-likeness (QED) is 0.498. The summed E-state index contributed by atoms with van der Waals surface area (Å²) in [5.74, 6) is -0.402. The minimum absolute atomic E-state index is 0.132. The Morgan fingerprint density at radius 2 is 1.80 bits per heavy atom. The van der Waals surface area contributed by atoms with Crippen LogP contribution in [0.25, 0.3) is 0 Å². The van der Waals surface area contributed by atoms with Crippen LogP contribution in [0.2, 0.25) is 0 Å². The zero-order valence-electron chi connectivity index (χ0n) is 19.1. The van der Waals surface area contributed by atoms with Crippen molar-refractivity contribution >= 4 is 29.0 Å². The molecule has 2 fully saturated rings. The van der Waals surface area contributed by atoms with Crippen LogP contribution in [-0.2, 0) is 28.9 Å². The zero-order chi connectivity index (χ0) is 24.7. The second-order valence-electron chi connectivity index (χ2n) is 9.57. The van der Waals surface area contributed by atoms with Crippen LogP contribution >= 0.6 is 12.2 Å². The molecule has 35 heavy (non-hydrogen) atoms. The molecule has 1 atom stereocenters. The summed E-state index contributed by atoms with van der Waals surface area (Å²) >= 11 is 5.63. The number of hydrogen-bond acceptors (Lipinski definition) is 4. The first-order valence-electron chi connectivity index (χ1n) is 11.8. The van der Waals surface area contributed by atoms with Gasteiger partial charge >= 0.3 is 6.18 Å². The highest BCUT2D eigenvalue weighted by molar-refractivity contribution is 7.80. The van der Waals surface area contributed by atoms with E-state index in [1.54, 1.807) is 6.07 Å². The van der Waals surface area contributed by atoms with Crippen molar-refractivity contribution in [2.45, 2.75) is 56.9 Å². The molecule has 1 N–H and O–H groups in total. The van der Waals surface area contributed by atoms with Crippen LogP contribution in [0.4, 0.5) is 13.2 Å². The summed E-state index contributed by atoms with van der Waals surface area (Å²) in [5.41, 5.74) is 3.36. The predicted octanol–water partition coefficient (Wildman–Crippen LogP) is 4.38. The van der Waals surface area contributed by atoms with Crippen LogP contribution in [0, 0.1) is 0 Å². The van der Waals surface area contributed by atoms with Gasteiger partial charge in [-0.3, -0.25) is 19.8 Å². The summed E-state index contributed by atoms with van der Waals surface area (Å²) < 4.78 is 39.2. The molecule has 3 heterocycles. The highest BCUT2D eigenvalue weighted by Gasteiger charge is 2.37. The minimum Gasteiger partial charge on any atom is -0.346 e. The molecule has 0 aliphatic carbocycles. The van der Waals surface area contributed by atoms with E-state index in [1.807, 2.05) is 11.0 Å². The molecule has 2 saturated heterocycles. The molecule has 0 bridgehead atoms. The van der Waals surface area contributed by atoms with Crippen LogP contribution in [0.1, 0.15) is 59.4 Å². The number of rotatable bonds is 4. The van der Waals surface area contributed by atoms with E-state index in [2.05, 4.69) is 22.3 Å². The first kappa shape index (κ1) is 23.9. The predicted molar refractivity (Wildman–Crippen MR) is 129 cm³/mol. The fraction of sp³-hybridized carbons (Fsp3) is 0.423. The van der Waals surface area contributed by atoms with E-state index < -0.39 is 17.8 Å². The SMILES string of the molecule is O=C1CCC(N2Cc3cc(CN4CCC(c5cccc(C(F)(F)F)c5)CC4)ccc3C2=S)C(=O)N1. The number of amides is 2.